The molecule has 1 heterocycles. The summed E-state index contributed by atoms with van der Waals surface area (Å²) in [6.45, 7) is 4.32. The van der Waals surface area contributed by atoms with Gasteiger partial charge < -0.3 is 14.6 Å². The highest BCUT2D eigenvalue weighted by molar-refractivity contribution is 6.04. The lowest BCUT2D eigenvalue weighted by Crippen LogP contribution is -2.22. The SMILES string of the molecule is COc1cccc(Cn2cc(C(=O)Nc3ccc(C)cc3C)ccc2=O)c1. The third kappa shape index (κ3) is 4.44. The van der Waals surface area contributed by atoms with Crippen LogP contribution in [0.1, 0.15) is 27.0 Å². The number of benzene rings is 2. The normalized spacial score (nSPS) is 10.5. The van der Waals surface area contributed by atoms with E-state index in [0.717, 1.165) is 28.1 Å². The molecule has 0 saturated carbocycles. The largest absolute Gasteiger partial charge is 0.497 e. The number of rotatable bonds is 5. The third-order valence-electron chi connectivity index (χ3n) is 4.36. The Morgan fingerprint density at radius 3 is 2.63 bits per heavy atom. The lowest BCUT2D eigenvalue weighted by Gasteiger charge is -2.11. The molecule has 0 fully saturated rings. The number of nitrogens with zero attached hydrogens (tertiary/aromatic N) is 1. The van der Waals surface area contributed by atoms with Crippen molar-refractivity contribution in [2.24, 2.45) is 0 Å². The van der Waals surface area contributed by atoms with Crippen molar-refractivity contribution < 1.29 is 9.53 Å². The number of aryl methyl sites for hydroxylation is 2. The molecule has 0 aliphatic rings. The van der Waals surface area contributed by atoms with E-state index in [1.165, 1.54) is 10.6 Å². The first-order valence-corrected chi connectivity index (χ1v) is 8.68. The Balaban J connectivity index is 1.83. The number of carbonyl (C=O) groups is 1. The van der Waals surface area contributed by atoms with Crippen molar-refractivity contribution in [1.82, 2.24) is 4.57 Å². The highest BCUT2D eigenvalue weighted by Crippen LogP contribution is 2.17. The van der Waals surface area contributed by atoms with Crippen molar-refractivity contribution in [2.75, 3.05) is 12.4 Å². The van der Waals surface area contributed by atoms with Gasteiger partial charge in [-0.3, -0.25) is 9.59 Å². The van der Waals surface area contributed by atoms with Crippen LogP contribution in [0.3, 0.4) is 0 Å². The van der Waals surface area contributed by atoms with E-state index in [1.807, 2.05) is 56.3 Å². The summed E-state index contributed by atoms with van der Waals surface area (Å²) in [5.41, 5.74) is 4.07. The van der Waals surface area contributed by atoms with Gasteiger partial charge in [0.05, 0.1) is 19.2 Å². The number of anilines is 1. The molecular formula is C22H22N2O3. The fourth-order valence-electron chi connectivity index (χ4n) is 2.91. The second-order valence-corrected chi connectivity index (χ2v) is 6.51. The number of ether oxygens (including phenoxy) is 1. The zero-order valence-electron chi connectivity index (χ0n) is 15.7. The van der Waals surface area contributed by atoms with Crippen molar-refractivity contribution in [1.29, 1.82) is 0 Å². The molecule has 5 heteroatoms. The maximum absolute atomic E-state index is 12.6. The first kappa shape index (κ1) is 18.5. The molecular weight excluding hydrogens is 340 g/mol. The van der Waals surface area contributed by atoms with Gasteiger partial charge in [0, 0.05) is 18.0 Å². The summed E-state index contributed by atoms with van der Waals surface area (Å²) in [4.78, 5) is 24.8. The monoisotopic (exact) mass is 362 g/mol. The molecule has 1 amide bonds. The first-order valence-electron chi connectivity index (χ1n) is 8.68. The minimum absolute atomic E-state index is 0.166. The summed E-state index contributed by atoms with van der Waals surface area (Å²) in [5, 5.41) is 2.91. The van der Waals surface area contributed by atoms with Gasteiger partial charge in [-0.25, -0.2) is 0 Å². The summed E-state index contributed by atoms with van der Waals surface area (Å²) in [5.74, 6) is 0.477. The van der Waals surface area contributed by atoms with Crippen LogP contribution in [0.2, 0.25) is 0 Å². The fraction of sp³-hybridized carbons (Fsp3) is 0.182. The number of carbonyl (C=O) groups excluding carboxylic acids is 1. The van der Waals surface area contributed by atoms with Crippen molar-refractivity contribution >= 4 is 11.6 Å². The molecule has 0 spiro atoms. The van der Waals surface area contributed by atoms with Gasteiger partial charge in [-0.1, -0.05) is 29.8 Å². The first-order chi connectivity index (χ1) is 13.0. The molecule has 0 aliphatic heterocycles. The molecule has 0 bridgehead atoms. The second-order valence-electron chi connectivity index (χ2n) is 6.51. The molecule has 138 valence electrons. The maximum atomic E-state index is 12.6. The number of amides is 1. The van der Waals surface area contributed by atoms with E-state index < -0.39 is 0 Å². The van der Waals surface area contributed by atoms with Crippen LogP contribution in [0.5, 0.6) is 5.75 Å². The Labute approximate surface area is 158 Å². The van der Waals surface area contributed by atoms with Crippen molar-refractivity contribution in [3.05, 3.63) is 93.4 Å². The van der Waals surface area contributed by atoms with Gasteiger partial charge >= 0.3 is 0 Å². The summed E-state index contributed by atoms with van der Waals surface area (Å²) in [7, 11) is 1.60. The molecule has 3 rings (SSSR count). The maximum Gasteiger partial charge on any atom is 0.257 e. The molecule has 5 nitrogen and oxygen atoms in total. The van der Waals surface area contributed by atoms with Crippen molar-refractivity contribution in [2.45, 2.75) is 20.4 Å². The number of pyridine rings is 1. The van der Waals surface area contributed by atoms with Gasteiger partial charge in [0.25, 0.3) is 11.5 Å². The molecule has 0 atom stereocenters. The van der Waals surface area contributed by atoms with Gasteiger partial charge in [0.15, 0.2) is 0 Å². The van der Waals surface area contributed by atoms with Crippen LogP contribution in [0.4, 0.5) is 5.69 Å². The smallest absolute Gasteiger partial charge is 0.257 e. The van der Waals surface area contributed by atoms with Crippen LogP contribution in [-0.2, 0) is 6.54 Å². The second kappa shape index (κ2) is 7.91. The molecule has 27 heavy (non-hydrogen) atoms. The topological polar surface area (TPSA) is 60.3 Å². The molecule has 0 aliphatic carbocycles. The quantitative estimate of drug-likeness (QED) is 0.751. The van der Waals surface area contributed by atoms with Crippen LogP contribution >= 0.6 is 0 Å². The number of hydrogen-bond acceptors (Lipinski definition) is 3. The van der Waals surface area contributed by atoms with E-state index in [9.17, 15) is 9.59 Å². The summed E-state index contributed by atoms with van der Waals surface area (Å²) >= 11 is 0. The van der Waals surface area contributed by atoms with Gasteiger partial charge in [0.2, 0.25) is 0 Å². The summed E-state index contributed by atoms with van der Waals surface area (Å²) in [6.07, 6.45) is 1.58. The number of aromatic nitrogens is 1. The zero-order valence-corrected chi connectivity index (χ0v) is 15.7. The van der Waals surface area contributed by atoms with Crippen LogP contribution in [-0.4, -0.2) is 17.6 Å². The minimum atomic E-state index is -0.249. The summed E-state index contributed by atoms with van der Waals surface area (Å²) < 4.78 is 6.74. The summed E-state index contributed by atoms with van der Waals surface area (Å²) in [6, 6.07) is 16.3. The lowest BCUT2D eigenvalue weighted by atomic mass is 10.1. The molecule has 1 N–H and O–H groups in total. The standard InChI is InChI=1S/C22H22N2O3/c1-15-7-9-20(16(2)11-15)23-22(26)18-8-10-21(25)24(14-18)13-17-5-4-6-19(12-17)27-3/h4-12,14H,13H2,1-3H3,(H,23,26). The van der Waals surface area contributed by atoms with E-state index >= 15 is 0 Å². The predicted molar refractivity (Wildman–Crippen MR) is 107 cm³/mol. The van der Waals surface area contributed by atoms with Crippen LogP contribution in [0.15, 0.2) is 65.6 Å². The Morgan fingerprint density at radius 2 is 1.89 bits per heavy atom. The molecule has 0 saturated heterocycles. The molecule has 1 aromatic heterocycles. The van der Waals surface area contributed by atoms with Gasteiger partial charge in [-0.2, -0.15) is 0 Å². The molecule has 0 radical (unpaired) electrons. The van der Waals surface area contributed by atoms with Gasteiger partial charge in [0.1, 0.15) is 5.75 Å². The van der Waals surface area contributed by atoms with Gasteiger partial charge in [-0.15, -0.1) is 0 Å². The zero-order chi connectivity index (χ0) is 19.4. The minimum Gasteiger partial charge on any atom is -0.497 e. The third-order valence-corrected chi connectivity index (χ3v) is 4.36. The Morgan fingerprint density at radius 1 is 1.07 bits per heavy atom. The van der Waals surface area contributed by atoms with E-state index in [-0.39, 0.29) is 11.5 Å². The molecule has 2 aromatic carbocycles. The average Bonchev–Trinajstić information content (AvgIpc) is 2.66. The van der Waals surface area contributed by atoms with Crippen LogP contribution < -0.4 is 15.6 Å². The van der Waals surface area contributed by atoms with E-state index in [0.29, 0.717) is 12.1 Å². The van der Waals surface area contributed by atoms with E-state index in [1.54, 1.807) is 19.4 Å². The Kier molecular flexibility index (Phi) is 5.41. The molecule has 0 unspecified atom stereocenters. The fourth-order valence-corrected chi connectivity index (χ4v) is 2.91. The highest BCUT2D eigenvalue weighted by Gasteiger charge is 2.10. The Bertz CT molecular complexity index is 1040. The molecule has 3 aromatic rings. The number of hydrogen-bond donors (Lipinski definition) is 1. The van der Waals surface area contributed by atoms with E-state index in [4.69, 9.17) is 4.74 Å². The van der Waals surface area contributed by atoms with Gasteiger partial charge in [-0.05, 0) is 49.2 Å². The van der Waals surface area contributed by atoms with Crippen LogP contribution in [0.25, 0.3) is 0 Å². The number of nitrogens with one attached hydrogen (secondary N) is 1. The lowest BCUT2D eigenvalue weighted by molar-refractivity contribution is 0.102. The van der Waals surface area contributed by atoms with Crippen LogP contribution in [0, 0.1) is 13.8 Å². The van der Waals surface area contributed by atoms with Crippen molar-refractivity contribution in [3.8, 4) is 5.75 Å². The predicted octanol–water partition coefficient (Wildman–Crippen LogP) is 3.77. The average molecular weight is 362 g/mol. The highest BCUT2D eigenvalue weighted by atomic mass is 16.5. The number of methoxy groups -OCH3 is 1. The van der Waals surface area contributed by atoms with Crippen molar-refractivity contribution in [3.63, 3.8) is 0 Å². The van der Waals surface area contributed by atoms with E-state index in [2.05, 4.69) is 5.32 Å². The Hall–Kier alpha value is -3.34.